The molecular weight excluding hydrogens is 756 g/mol. The van der Waals surface area contributed by atoms with E-state index >= 15 is 4.39 Å². The smallest absolute Gasteiger partial charge is 0.395 e. The van der Waals surface area contributed by atoms with E-state index in [2.05, 4.69) is 25.2 Å². The number of nitrogens with two attached hydrogens (primary N) is 1. The first-order chi connectivity index (χ1) is 25.8. The number of aliphatic imine (C=N–C) groups is 1. The molecule has 3 heterocycles. The zero-order chi connectivity index (χ0) is 39.7. The van der Waals surface area contributed by atoms with Gasteiger partial charge in [0.25, 0.3) is 5.91 Å². The Hall–Kier alpha value is -5.00. The molecule has 0 unspecified atom stereocenters. The van der Waals surface area contributed by atoms with Crippen LogP contribution < -0.4 is 5.73 Å². The summed E-state index contributed by atoms with van der Waals surface area (Å²) in [7, 11) is 0. The van der Waals surface area contributed by atoms with Gasteiger partial charge < -0.3 is 10.5 Å². The van der Waals surface area contributed by atoms with Crippen molar-refractivity contribution in [2.75, 3.05) is 6.61 Å². The van der Waals surface area contributed by atoms with Gasteiger partial charge >= 0.3 is 18.7 Å². The predicted molar refractivity (Wildman–Crippen MR) is 186 cm³/mol. The van der Waals surface area contributed by atoms with E-state index in [-0.39, 0.29) is 58.7 Å². The molecule has 1 amide bonds. The van der Waals surface area contributed by atoms with Gasteiger partial charge in [-0.25, -0.2) is 24.0 Å². The molecule has 55 heavy (non-hydrogen) atoms. The number of aromatic nitrogens is 6. The van der Waals surface area contributed by atoms with Gasteiger partial charge in [-0.05, 0) is 61.3 Å². The normalized spacial score (nSPS) is 20.2. The average Bonchev–Trinajstić information content (AvgIpc) is 3.97. The topological polar surface area (TPSA) is 146 Å². The molecule has 2 atom stereocenters. The molecule has 4 aromatic rings. The summed E-state index contributed by atoms with van der Waals surface area (Å²) in [4.78, 5) is 41.7. The van der Waals surface area contributed by atoms with Crippen LogP contribution in [0.15, 0.2) is 54.0 Å². The Morgan fingerprint density at radius 2 is 1.82 bits per heavy atom. The van der Waals surface area contributed by atoms with E-state index in [1.54, 1.807) is 17.1 Å². The molecule has 12 nitrogen and oxygen atoms in total. The first kappa shape index (κ1) is 38.3. The number of amides is 1. The molecule has 2 N–H and O–H groups in total. The molecule has 2 saturated carbocycles. The molecule has 2 aromatic carbocycles. The second kappa shape index (κ2) is 13.6. The Labute approximate surface area is 315 Å². The molecule has 2 aliphatic carbocycles. The van der Waals surface area contributed by atoms with E-state index in [1.165, 1.54) is 30.3 Å². The predicted octanol–water partition coefficient (Wildman–Crippen LogP) is 7.53. The fourth-order valence-electron chi connectivity index (χ4n) is 7.00. The fraction of sp³-hybridized carbons (Fsp3) is 0.472. The maximum atomic E-state index is 16.4. The van der Waals surface area contributed by atoms with Crippen molar-refractivity contribution in [1.29, 1.82) is 0 Å². The summed E-state index contributed by atoms with van der Waals surface area (Å²) in [5, 5.41) is 7.97. The highest BCUT2D eigenvalue weighted by Crippen LogP contribution is 2.60. The van der Waals surface area contributed by atoms with Crippen molar-refractivity contribution in [1.82, 2.24) is 34.4 Å². The number of carbonyl (C=O) groups is 2. The van der Waals surface area contributed by atoms with Gasteiger partial charge in [0, 0.05) is 16.7 Å². The first-order valence-electron chi connectivity index (χ1n) is 17.4. The quantitative estimate of drug-likeness (QED) is 0.115. The van der Waals surface area contributed by atoms with Crippen LogP contribution in [0.5, 0.6) is 0 Å². The van der Waals surface area contributed by atoms with E-state index in [0.29, 0.717) is 10.2 Å². The second-order valence-corrected chi connectivity index (χ2v) is 15.8. The molecule has 0 spiro atoms. The lowest BCUT2D eigenvalue weighted by Gasteiger charge is -2.35. The molecule has 0 saturated heterocycles. The molecule has 3 aliphatic rings. The van der Waals surface area contributed by atoms with Crippen molar-refractivity contribution < 1.29 is 40.7 Å². The van der Waals surface area contributed by atoms with Gasteiger partial charge in [-0.3, -0.25) is 14.5 Å². The van der Waals surface area contributed by atoms with Gasteiger partial charge in [0.2, 0.25) is 0 Å². The third kappa shape index (κ3) is 7.27. The van der Waals surface area contributed by atoms with Crippen molar-refractivity contribution in [3.63, 3.8) is 0 Å². The Morgan fingerprint density at radius 3 is 2.44 bits per heavy atom. The fourth-order valence-corrected chi connectivity index (χ4v) is 7.21. The van der Waals surface area contributed by atoms with Crippen molar-refractivity contribution in [2.45, 2.75) is 89.6 Å². The van der Waals surface area contributed by atoms with Gasteiger partial charge in [-0.1, -0.05) is 50.6 Å². The summed E-state index contributed by atoms with van der Waals surface area (Å²) >= 11 is 6.43. The Kier molecular flexibility index (Phi) is 9.49. The van der Waals surface area contributed by atoms with Gasteiger partial charge in [0.1, 0.15) is 25.1 Å². The molecule has 7 rings (SSSR count). The third-order valence-corrected chi connectivity index (χ3v) is 10.4. The zero-order valence-electron chi connectivity index (χ0n) is 29.8. The monoisotopic (exact) mass is 791 g/mol. The van der Waals surface area contributed by atoms with Gasteiger partial charge in [0.05, 0.1) is 28.9 Å². The number of esters is 1. The number of alkyl halides is 5. The molecule has 0 bridgehead atoms. The molecule has 2 fully saturated rings. The SMILES string of the molecule is CC(C)(C)C[C@]1(c2ccc(-c3ncn(C4CC4)n3)cc2F)N=C(N)N([C@H](COC(=O)CC2(C(F)(F)F)CC2)c2ccc(Cl)c(-c3ncnn3C(F)F)c2)C1=O. The van der Waals surface area contributed by atoms with Crippen LogP contribution in [0.2, 0.25) is 5.02 Å². The average molecular weight is 792 g/mol. The molecule has 1 aliphatic heterocycles. The van der Waals surface area contributed by atoms with Crippen LogP contribution in [0.25, 0.3) is 22.8 Å². The second-order valence-electron chi connectivity index (χ2n) is 15.4. The van der Waals surface area contributed by atoms with Gasteiger partial charge in [-0.15, -0.1) is 0 Å². The van der Waals surface area contributed by atoms with Gasteiger partial charge in [-0.2, -0.15) is 36.8 Å². The summed E-state index contributed by atoms with van der Waals surface area (Å²) in [6, 6.07) is 7.04. The summed E-state index contributed by atoms with van der Waals surface area (Å²) < 4.78 is 92.8. The highest BCUT2D eigenvalue weighted by Gasteiger charge is 2.64. The van der Waals surface area contributed by atoms with E-state index in [4.69, 9.17) is 22.1 Å². The van der Waals surface area contributed by atoms with Crippen LogP contribution in [-0.2, 0) is 19.9 Å². The molecule has 0 radical (unpaired) electrons. The van der Waals surface area contributed by atoms with Gasteiger partial charge in [0.15, 0.2) is 23.1 Å². The molecule has 19 heteroatoms. The van der Waals surface area contributed by atoms with E-state index in [9.17, 15) is 31.5 Å². The van der Waals surface area contributed by atoms with Crippen LogP contribution in [-0.4, -0.2) is 65.0 Å². The highest BCUT2D eigenvalue weighted by atomic mass is 35.5. The standard InChI is InChI=1S/C36H36ClF6N9O3/c1-33(2,3)16-35(23-8-4-20(13-25(23)38)28-46-18-50(49-28)21-6-7-21)30(54)51(32(44)48-35)26(15-55-27(53)14-34(10-11-34)36(41,42)43)19-5-9-24(37)22(12-19)29-45-17-47-52(29)31(39)40/h4-5,8-9,12-13,17-18,21,26,31H,6-7,10-11,14-16H2,1-3H3,(H2,44,48)/t26-,35-/m1/s1. The number of rotatable bonds is 12. The highest BCUT2D eigenvalue weighted by molar-refractivity contribution is 6.33. The Bertz CT molecular complexity index is 2170. The number of guanidine groups is 1. The van der Waals surface area contributed by atoms with Crippen LogP contribution in [0.4, 0.5) is 26.3 Å². The summed E-state index contributed by atoms with van der Waals surface area (Å²) in [5.41, 5.74) is 1.96. The minimum absolute atomic E-state index is 0.0367. The van der Waals surface area contributed by atoms with Crippen LogP contribution in [0.1, 0.15) is 89.1 Å². The number of benzene rings is 2. The number of hydrogen-bond acceptors (Lipinski definition) is 9. The van der Waals surface area contributed by atoms with Crippen molar-refractivity contribution in [3.05, 3.63) is 71.0 Å². The maximum Gasteiger partial charge on any atom is 0.395 e. The summed E-state index contributed by atoms with van der Waals surface area (Å²) in [6.45, 7) is 1.60. The lowest BCUT2D eigenvalue weighted by atomic mass is 9.75. The van der Waals surface area contributed by atoms with Crippen molar-refractivity contribution >= 4 is 29.4 Å². The number of carbonyl (C=O) groups excluding carboxylic acids is 2. The molecule has 292 valence electrons. The van der Waals surface area contributed by atoms with Crippen LogP contribution >= 0.6 is 11.6 Å². The number of nitrogens with zero attached hydrogens (tertiary/aromatic N) is 8. The van der Waals surface area contributed by atoms with Crippen molar-refractivity contribution in [2.24, 2.45) is 21.6 Å². The number of halogens is 7. The number of ether oxygens (including phenoxy) is 1. The maximum absolute atomic E-state index is 16.4. The molecule has 2 aromatic heterocycles. The first-order valence-corrected chi connectivity index (χ1v) is 17.8. The summed E-state index contributed by atoms with van der Waals surface area (Å²) in [6.07, 6.45) is -1.76. The van der Waals surface area contributed by atoms with E-state index < -0.39 is 71.8 Å². The minimum atomic E-state index is -4.64. The van der Waals surface area contributed by atoms with E-state index in [0.717, 1.165) is 24.1 Å². The lowest BCUT2D eigenvalue weighted by Crippen LogP contribution is -2.47. The minimum Gasteiger partial charge on any atom is -0.463 e. The Morgan fingerprint density at radius 1 is 1.09 bits per heavy atom. The third-order valence-electron chi connectivity index (χ3n) is 10.0. The molecular formula is C36H36ClF6N9O3. The van der Waals surface area contributed by atoms with Crippen LogP contribution in [0.3, 0.4) is 0 Å². The van der Waals surface area contributed by atoms with Crippen LogP contribution in [0, 0.1) is 16.6 Å². The van der Waals surface area contributed by atoms with E-state index in [1.807, 2.05) is 20.8 Å². The van der Waals surface area contributed by atoms with Crippen molar-refractivity contribution in [3.8, 4) is 22.8 Å². The summed E-state index contributed by atoms with van der Waals surface area (Å²) in [5.74, 6) is -3.29. The lowest BCUT2D eigenvalue weighted by molar-refractivity contribution is -0.195. The largest absolute Gasteiger partial charge is 0.463 e. The number of hydrogen-bond donors (Lipinski definition) is 1. The Balaban J connectivity index is 1.28. The zero-order valence-corrected chi connectivity index (χ0v) is 30.6.